The molecule has 1 aromatic carbocycles. The third kappa shape index (κ3) is 5.61. The molecule has 9 nitrogen and oxygen atoms in total. The van der Waals surface area contributed by atoms with Crippen molar-refractivity contribution in [2.24, 2.45) is 7.05 Å². The molecular weight excluding hydrogens is 378 g/mol. The van der Waals surface area contributed by atoms with Crippen molar-refractivity contribution in [2.75, 3.05) is 17.2 Å². The lowest BCUT2D eigenvalue weighted by molar-refractivity contribution is -0.115. The van der Waals surface area contributed by atoms with Gasteiger partial charge < -0.3 is 19.9 Å². The number of esters is 1. The second-order valence-electron chi connectivity index (χ2n) is 6.40. The van der Waals surface area contributed by atoms with E-state index in [1.165, 1.54) is 55.8 Å². The highest BCUT2D eigenvalue weighted by Gasteiger charge is 2.19. The van der Waals surface area contributed by atoms with E-state index < -0.39 is 24.3 Å². The molecule has 0 aliphatic rings. The molecule has 0 aliphatic carbocycles. The van der Waals surface area contributed by atoms with Crippen molar-refractivity contribution >= 4 is 40.7 Å². The van der Waals surface area contributed by atoms with E-state index in [2.05, 4.69) is 10.6 Å². The summed E-state index contributed by atoms with van der Waals surface area (Å²) in [7, 11) is 1.58. The molecule has 0 unspecified atom stereocenters. The normalized spacial score (nSPS) is 10.2. The van der Waals surface area contributed by atoms with Crippen LogP contribution in [0.5, 0.6) is 0 Å². The number of anilines is 2. The van der Waals surface area contributed by atoms with E-state index in [0.717, 1.165) is 0 Å². The molecule has 1 aromatic heterocycles. The molecule has 0 saturated heterocycles. The molecule has 9 heteroatoms. The molecule has 152 valence electrons. The number of nitrogens with one attached hydrogen (secondary N) is 2. The van der Waals surface area contributed by atoms with Crippen LogP contribution in [0.4, 0.5) is 11.4 Å². The summed E-state index contributed by atoms with van der Waals surface area (Å²) in [5, 5.41) is 5.08. The Morgan fingerprint density at radius 3 is 2.17 bits per heavy atom. The van der Waals surface area contributed by atoms with Crippen molar-refractivity contribution in [2.45, 2.75) is 20.8 Å². The highest BCUT2D eigenvalue weighted by Crippen LogP contribution is 2.22. The summed E-state index contributed by atoms with van der Waals surface area (Å²) in [4.78, 5) is 58.9. The highest BCUT2D eigenvalue weighted by atomic mass is 16.5. The van der Waals surface area contributed by atoms with Crippen LogP contribution >= 0.6 is 0 Å². The molecular formula is C20H21N3O6. The maximum absolute atomic E-state index is 12.5. The zero-order valence-electron chi connectivity index (χ0n) is 16.5. The van der Waals surface area contributed by atoms with Crippen molar-refractivity contribution in [3.05, 3.63) is 47.3 Å². The number of hydrogen-bond acceptors (Lipinski definition) is 6. The Kier molecular flexibility index (Phi) is 6.66. The first-order chi connectivity index (χ1) is 13.6. The van der Waals surface area contributed by atoms with Gasteiger partial charge in [0, 0.05) is 43.9 Å². The van der Waals surface area contributed by atoms with Crippen LogP contribution < -0.4 is 10.6 Å². The maximum Gasteiger partial charge on any atom is 0.355 e. The van der Waals surface area contributed by atoms with Gasteiger partial charge in [-0.05, 0) is 31.2 Å². The van der Waals surface area contributed by atoms with Gasteiger partial charge in [-0.25, -0.2) is 4.79 Å². The highest BCUT2D eigenvalue weighted by molar-refractivity contribution is 6.07. The number of nitrogens with zero attached hydrogens (tertiary/aromatic N) is 1. The number of rotatable bonds is 7. The van der Waals surface area contributed by atoms with Gasteiger partial charge in [-0.1, -0.05) is 0 Å². The maximum atomic E-state index is 12.5. The number of aromatic nitrogens is 1. The molecule has 29 heavy (non-hydrogen) atoms. The molecule has 0 spiro atoms. The number of aryl methyl sites for hydroxylation is 1. The Hall–Kier alpha value is -3.75. The van der Waals surface area contributed by atoms with Crippen molar-refractivity contribution < 1.29 is 28.7 Å². The Morgan fingerprint density at radius 1 is 0.966 bits per heavy atom. The number of carbonyl (C=O) groups is 5. The van der Waals surface area contributed by atoms with E-state index in [4.69, 9.17) is 4.74 Å². The van der Waals surface area contributed by atoms with Crippen LogP contribution in [0.1, 0.15) is 52.0 Å². The zero-order chi connectivity index (χ0) is 21.7. The van der Waals surface area contributed by atoms with Gasteiger partial charge in [0.2, 0.25) is 17.6 Å². The molecule has 2 rings (SSSR count). The van der Waals surface area contributed by atoms with E-state index in [1.807, 2.05) is 0 Å². The quantitative estimate of drug-likeness (QED) is 0.543. The lowest BCUT2D eigenvalue weighted by Crippen LogP contribution is -2.18. The van der Waals surface area contributed by atoms with Gasteiger partial charge in [-0.2, -0.15) is 0 Å². The molecule has 2 N–H and O–H groups in total. The molecule has 0 fully saturated rings. The molecule has 0 aliphatic heterocycles. The van der Waals surface area contributed by atoms with Gasteiger partial charge >= 0.3 is 5.97 Å². The van der Waals surface area contributed by atoms with Crippen molar-refractivity contribution in [1.29, 1.82) is 0 Å². The van der Waals surface area contributed by atoms with Crippen LogP contribution in [-0.2, 0) is 21.4 Å². The number of benzene rings is 1. The largest absolute Gasteiger partial charge is 0.453 e. The number of ketones is 2. The standard InChI is InChI=1S/C20H21N3O6/c1-11(24)14-7-18(23(4)9-14)20(28)29-10-19(27)16-6-5-15(21-12(2)25)8-17(16)22-13(3)26/h5-9H,10H2,1-4H3,(H,21,25)(H,22,26). The van der Waals surface area contributed by atoms with E-state index in [1.54, 1.807) is 7.05 Å². The molecule has 2 amide bonds. The Balaban J connectivity index is 2.17. The molecule has 0 bridgehead atoms. The van der Waals surface area contributed by atoms with Crippen LogP contribution in [0.3, 0.4) is 0 Å². The average Bonchev–Trinajstić information content (AvgIpc) is 3.01. The number of Topliss-reactive ketones (excluding diaryl/α,β-unsaturated/α-hetero) is 2. The summed E-state index contributed by atoms with van der Waals surface area (Å²) >= 11 is 0. The predicted octanol–water partition coefficient (Wildman–Crippen LogP) is 2.18. The van der Waals surface area contributed by atoms with Gasteiger partial charge in [-0.15, -0.1) is 0 Å². The van der Waals surface area contributed by atoms with Crippen LogP contribution in [0.15, 0.2) is 30.5 Å². The molecule has 0 atom stereocenters. The molecule has 1 heterocycles. The topological polar surface area (TPSA) is 124 Å². The lowest BCUT2D eigenvalue weighted by Gasteiger charge is -2.12. The monoisotopic (exact) mass is 399 g/mol. The number of carbonyl (C=O) groups excluding carboxylic acids is 5. The Labute approximate surface area is 167 Å². The van der Waals surface area contributed by atoms with Crippen molar-refractivity contribution in [3.8, 4) is 0 Å². The van der Waals surface area contributed by atoms with Gasteiger partial charge in [0.1, 0.15) is 5.69 Å². The summed E-state index contributed by atoms with van der Waals surface area (Å²) in [5.74, 6) is -2.22. The minimum Gasteiger partial charge on any atom is -0.453 e. The lowest BCUT2D eigenvalue weighted by atomic mass is 10.1. The fraction of sp³-hybridized carbons (Fsp3) is 0.250. The molecule has 0 saturated carbocycles. The van der Waals surface area contributed by atoms with Crippen LogP contribution in [0.25, 0.3) is 0 Å². The van der Waals surface area contributed by atoms with Gasteiger partial charge in [0.15, 0.2) is 12.4 Å². The first-order valence-corrected chi connectivity index (χ1v) is 8.65. The zero-order valence-corrected chi connectivity index (χ0v) is 16.5. The number of ether oxygens (including phenoxy) is 1. The minimum atomic E-state index is -0.760. The smallest absolute Gasteiger partial charge is 0.355 e. The second-order valence-corrected chi connectivity index (χ2v) is 6.40. The average molecular weight is 399 g/mol. The van der Waals surface area contributed by atoms with E-state index in [-0.39, 0.29) is 28.6 Å². The second kappa shape index (κ2) is 8.96. The summed E-state index contributed by atoms with van der Waals surface area (Å²) in [6.45, 7) is 3.42. The summed E-state index contributed by atoms with van der Waals surface area (Å²) in [6.07, 6.45) is 1.50. The predicted molar refractivity (Wildman–Crippen MR) is 105 cm³/mol. The Bertz CT molecular complexity index is 1010. The van der Waals surface area contributed by atoms with Crippen molar-refractivity contribution in [1.82, 2.24) is 4.57 Å². The Morgan fingerprint density at radius 2 is 1.62 bits per heavy atom. The van der Waals surface area contributed by atoms with Crippen LogP contribution in [0, 0.1) is 0 Å². The first kappa shape index (κ1) is 21.5. The fourth-order valence-corrected chi connectivity index (χ4v) is 2.60. The first-order valence-electron chi connectivity index (χ1n) is 8.65. The van der Waals surface area contributed by atoms with Gasteiger partial charge in [-0.3, -0.25) is 19.2 Å². The summed E-state index contributed by atoms with van der Waals surface area (Å²) in [5.41, 5.74) is 1.19. The summed E-state index contributed by atoms with van der Waals surface area (Å²) in [6, 6.07) is 5.75. The van der Waals surface area contributed by atoms with E-state index in [9.17, 15) is 24.0 Å². The fourth-order valence-electron chi connectivity index (χ4n) is 2.60. The van der Waals surface area contributed by atoms with E-state index in [0.29, 0.717) is 11.3 Å². The van der Waals surface area contributed by atoms with E-state index >= 15 is 0 Å². The number of amides is 2. The van der Waals surface area contributed by atoms with Crippen LogP contribution in [-0.4, -0.2) is 40.5 Å². The van der Waals surface area contributed by atoms with Gasteiger partial charge in [0.25, 0.3) is 0 Å². The van der Waals surface area contributed by atoms with Crippen LogP contribution in [0.2, 0.25) is 0 Å². The van der Waals surface area contributed by atoms with Gasteiger partial charge in [0.05, 0.1) is 5.69 Å². The molecule has 0 radical (unpaired) electrons. The minimum absolute atomic E-state index is 0.124. The molecule has 2 aromatic rings. The van der Waals surface area contributed by atoms with Crippen molar-refractivity contribution in [3.63, 3.8) is 0 Å². The third-order valence-corrected chi connectivity index (χ3v) is 3.91. The number of hydrogen-bond donors (Lipinski definition) is 2. The third-order valence-electron chi connectivity index (χ3n) is 3.91. The SMILES string of the molecule is CC(=O)Nc1ccc(C(=O)COC(=O)c2cc(C(C)=O)cn2C)c(NC(C)=O)c1. The summed E-state index contributed by atoms with van der Waals surface area (Å²) < 4.78 is 6.51.